The Morgan fingerprint density at radius 2 is 1.79 bits per heavy atom. The summed E-state index contributed by atoms with van der Waals surface area (Å²) < 4.78 is 31.6. The Hall–Kier alpha value is -2.14. The van der Waals surface area contributed by atoms with E-state index in [1.54, 1.807) is 24.3 Å². The monoisotopic (exact) mass is 265 g/mol. The number of rotatable bonds is 4. The smallest absolute Gasteiger partial charge is 0.156 e. The minimum atomic E-state index is -0.855. The first-order valence-electron chi connectivity index (χ1n) is 5.72. The molecule has 5 heteroatoms. The van der Waals surface area contributed by atoms with Gasteiger partial charge in [0.15, 0.2) is 11.6 Å². The zero-order valence-electron chi connectivity index (χ0n) is 10.1. The molecule has 19 heavy (non-hydrogen) atoms. The topological polar surface area (TPSA) is 55.5 Å². The predicted molar refractivity (Wildman–Crippen MR) is 68.1 cm³/mol. The van der Waals surface area contributed by atoms with E-state index in [0.29, 0.717) is 18.2 Å². The average Bonchev–Trinajstić information content (AvgIpc) is 2.38. The predicted octanol–water partition coefficient (Wildman–Crippen LogP) is 2.87. The van der Waals surface area contributed by atoms with Gasteiger partial charge in [-0.15, -0.1) is 0 Å². The second-order valence-electron chi connectivity index (χ2n) is 4.02. The fourth-order valence-corrected chi connectivity index (χ4v) is 1.63. The molecule has 0 aromatic heterocycles. The molecule has 0 saturated heterocycles. The third kappa shape index (κ3) is 3.20. The molecule has 2 aromatic carbocycles. The lowest BCUT2D eigenvalue weighted by molar-refractivity contribution is 0.299. The number of halogens is 2. The molecule has 100 valence electrons. The van der Waals surface area contributed by atoms with Crippen molar-refractivity contribution in [1.29, 1.82) is 0 Å². The molecule has 0 radical (unpaired) electrons. The number of aliphatic hydroxyl groups is 1. The quantitative estimate of drug-likeness (QED) is 0.836. The standard InChI is InChI=1S/C14H13F2NO2/c15-10-7-12(16)14(17)13(8-10)19-11-3-1-9(2-4-11)5-6-18/h1-4,7-8,18H,5-6,17H2. The Labute approximate surface area is 109 Å². The summed E-state index contributed by atoms with van der Waals surface area (Å²) in [6, 6.07) is 8.54. The number of nitrogen functional groups attached to an aromatic ring is 1. The summed E-state index contributed by atoms with van der Waals surface area (Å²) in [5.41, 5.74) is 6.18. The van der Waals surface area contributed by atoms with E-state index >= 15 is 0 Å². The Bertz CT molecular complexity index is 570. The molecule has 0 fully saturated rings. The lowest BCUT2D eigenvalue weighted by atomic mass is 10.1. The molecule has 0 atom stereocenters. The first-order chi connectivity index (χ1) is 9.10. The van der Waals surface area contributed by atoms with Crippen LogP contribution in [0, 0.1) is 11.6 Å². The number of benzene rings is 2. The Morgan fingerprint density at radius 1 is 1.11 bits per heavy atom. The van der Waals surface area contributed by atoms with Gasteiger partial charge in [0.2, 0.25) is 0 Å². The highest BCUT2D eigenvalue weighted by Gasteiger charge is 2.10. The van der Waals surface area contributed by atoms with Gasteiger partial charge >= 0.3 is 0 Å². The van der Waals surface area contributed by atoms with Crippen LogP contribution in [0.3, 0.4) is 0 Å². The van der Waals surface area contributed by atoms with E-state index in [1.807, 2.05) is 0 Å². The van der Waals surface area contributed by atoms with Crippen LogP contribution in [0.25, 0.3) is 0 Å². The number of aliphatic hydroxyl groups excluding tert-OH is 1. The third-order valence-electron chi connectivity index (χ3n) is 2.61. The Kier molecular flexibility index (Phi) is 3.97. The van der Waals surface area contributed by atoms with E-state index in [0.717, 1.165) is 11.6 Å². The first kappa shape index (κ1) is 13.3. The molecule has 0 aliphatic rings. The van der Waals surface area contributed by atoms with Gasteiger partial charge in [-0.1, -0.05) is 12.1 Å². The average molecular weight is 265 g/mol. The maximum absolute atomic E-state index is 13.2. The van der Waals surface area contributed by atoms with Gasteiger partial charge in [-0.2, -0.15) is 0 Å². The highest BCUT2D eigenvalue weighted by Crippen LogP contribution is 2.30. The van der Waals surface area contributed by atoms with E-state index in [9.17, 15) is 8.78 Å². The van der Waals surface area contributed by atoms with Crippen molar-refractivity contribution in [2.45, 2.75) is 6.42 Å². The van der Waals surface area contributed by atoms with Crippen LogP contribution in [-0.2, 0) is 6.42 Å². The van der Waals surface area contributed by atoms with Gasteiger partial charge in [-0.3, -0.25) is 0 Å². The summed E-state index contributed by atoms with van der Waals surface area (Å²) in [5, 5.41) is 8.79. The minimum Gasteiger partial charge on any atom is -0.455 e. The summed E-state index contributed by atoms with van der Waals surface area (Å²) in [6.07, 6.45) is 0.539. The van der Waals surface area contributed by atoms with Crippen molar-refractivity contribution in [2.24, 2.45) is 0 Å². The molecular weight excluding hydrogens is 252 g/mol. The number of anilines is 1. The molecule has 0 aliphatic heterocycles. The normalized spacial score (nSPS) is 10.5. The van der Waals surface area contributed by atoms with Crippen LogP contribution < -0.4 is 10.5 Å². The summed E-state index contributed by atoms with van der Waals surface area (Å²) >= 11 is 0. The molecule has 0 aliphatic carbocycles. The Morgan fingerprint density at radius 3 is 2.42 bits per heavy atom. The van der Waals surface area contributed by atoms with Crippen LogP contribution in [-0.4, -0.2) is 11.7 Å². The van der Waals surface area contributed by atoms with Crippen molar-refractivity contribution < 1.29 is 18.6 Å². The molecule has 0 amide bonds. The molecule has 0 spiro atoms. The molecule has 2 rings (SSSR count). The fraction of sp³-hybridized carbons (Fsp3) is 0.143. The van der Waals surface area contributed by atoms with E-state index in [1.165, 1.54) is 0 Å². The van der Waals surface area contributed by atoms with Crippen molar-refractivity contribution in [2.75, 3.05) is 12.3 Å². The molecule has 0 unspecified atom stereocenters. The van der Waals surface area contributed by atoms with Crippen molar-refractivity contribution in [3.05, 3.63) is 53.6 Å². The van der Waals surface area contributed by atoms with Gasteiger partial charge in [0.1, 0.15) is 17.3 Å². The molecule has 0 bridgehead atoms. The second kappa shape index (κ2) is 5.67. The zero-order valence-corrected chi connectivity index (χ0v) is 10.1. The van der Waals surface area contributed by atoms with Crippen molar-refractivity contribution in [3.8, 4) is 11.5 Å². The third-order valence-corrected chi connectivity index (χ3v) is 2.61. The highest BCUT2D eigenvalue weighted by molar-refractivity contribution is 5.55. The molecule has 0 heterocycles. The summed E-state index contributed by atoms with van der Waals surface area (Å²) in [5.74, 6) is -1.25. The van der Waals surface area contributed by atoms with Gasteiger partial charge in [0, 0.05) is 18.7 Å². The van der Waals surface area contributed by atoms with Crippen LogP contribution >= 0.6 is 0 Å². The van der Waals surface area contributed by atoms with E-state index in [-0.39, 0.29) is 18.0 Å². The number of nitrogens with two attached hydrogens (primary N) is 1. The van der Waals surface area contributed by atoms with E-state index < -0.39 is 11.6 Å². The van der Waals surface area contributed by atoms with Gasteiger partial charge in [-0.25, -0.2) is 8.78 Å². The number of ether oxygens (including phenoxy) is 1. The minimum absolute atomic E-state index is 0.0578. The second-order valence-corrected chi connectivity index (χ2v) is 4.02. The van der Waals surface area contributed by atoms with Gasteiger partial charge in [0.25, 0.3) is 0 Å². The lowest BCUT2D eigenvalue weighted by Gasteiger charge is -2.09. The first-order valence-corrected chi connectivity index (χ1v) is 5.72. The SMILES string of the molecule is Nc1c(F)cc(F)cc1Oc1ccc(CCO)cc1. The summed E-state index contributed by atoms with van der Waals surface area (Å²) in [6.45, 7) is 0.0578. The fourth-order valence-electron chi connectivity index (χ4n) is 1.63. The zero-order chi connectivity index (χ0) is 13.8. The van der Waals surface area contributed by atoms with Gasteiger partial charge < -0.3 is 15.6 Å². The van der Waals surface area contributed by atoms with Crippen LogP contribution in [0.2, 0.25) is 0 Å². The maximum atomic E-state index is 13.2. The van der Waals surface area contributed by atoms with Gasteiger partial charge in [-0.05, 0) is 24.1 Å². The highest BCUT2D eigenvalue weighted by atomic mass is 19.1. The van der Waals surface area contributed by atoms with Gasteiger partial charge in [0.05, 0.1) is 0 Å². The molecule has 2 aromatic rings. The molecular formula is C14H13F2NO2. The largest absolute Gasteiger partial charge is 0.455 e. The lowest BCUT2D eigenvalue weighted by Crippen LogP contribution is -1.97. The van der Waals surface area contributed by atoms with E-state index in [2.05, 4.69) is 0 Å². The molecule has 0 saturated carbocycles. The summed E-state index contributed by atoms with van der Waals surface area (Å²) in [7, 11) is 0. The van der Waals surface area contributed by atoms with Crippen LogP contribution in [0.15, 0.2) is 36.4 Å². The number of hydrogen-bond acceptors (Lipinski definition) is 3. The van der Waals surface area contributed by atoms with Crippen molar-refractivity contribution in [1.82, 2.24) is 0 Å². The van der Waals surface area contributed by atoms with Crippen LogP contribution in [0.5, 0.6) is 11.5 Å². The van der Waals surface area contributed by atoms with Crippen LogP contribution in [0.4, 0.5) is 14.5 Å². The maximum Gasteiger partial charge on any atom is 0.156 e. The molecule has 3 nitrogen and oxygen atoms in total. The summed E-state index contributed by atoms with van der Waals surface area (Å²) in [4.78, 5) is 0. The van der Waals surface area contributed by atoms with Crippen molar-refractivity contribution >= 4 is 5.69 Å². The van der Waals surface area contributed by atoms with E-state index in [4.69, 9.17) is 15.6 Å². The van der Waals surface area contributed by atoms with Crippen LogP contribution in [0.1, 0.15) is 5.56 Å². The Balaban J connectivity index is 2.21. The molecule has 3 N–H and O–H groups in total. The van der Waals surface area contributed by atoms with Crippen molar-refractivity contribution in [3.63, 3.8) is 0 Å². The number of hydrogen-bond donors (Lipinski definition) is 2.